The average Bonchev–Trinajstić information content (AvgIpc) is 3.54. The fourth-order valence-electron chi connectivity index (χ4n) is 6.90. The first-order valence-electron chi connectivity index (χ1n) is 16.9. The number of hydrogen-bond donors (Lipinski definition) is 1. The Morgan fingerprint density at radius 2 is 1.63 bits per heavy atom. The van der Waals surface area contributed by atoms with Crippen molar-refractivity contribution in [2.75, 3.05) is 0 Å². The number of carbonyl (C=O) groups is 1. The molecule has 0 spiro atoms. The Kier molecular flexibility index (Phi) is 10.9. The van der Waals surface area contributed by atoms with Gasteiger partial charge in [0.05, 0.1) is 11.3 Å². The van der Waals surface area contributed by atoms with Crippen molar-refractivity contribution in [3.05, 3.63) is 89.3 Å². The number of aromatic nitrogens is 1. The number of nitrogens with zero attached hydrogens (tertiary/aromatic N) is 1. The second-order valence-electron chi connectivity index (χ2n) is 14.1. The van der Waals surface area contributed by atoms with Crippen molar-refractivity contribution in [3.63, 3.8) is 0 Å². The van der Waals surface area contributed by atoms with Gasteiger partial charge in [0.2, 0.25) is 0 Å². The minimum Gasteiger partial charge on any atom is -0.512 e. The molecule has 1 radical (unpaired) electrons. The number of fused-ring (bicyclic) bond motifs is 4. The molecule has 243 valence electrons. The summed E-state index contributed by atoms with van der Waals surface area (Å²) >= 11 is 0. The smallest absolute Gasteiger partial charge is 0.159 e. The molecule has 3 aromatic carbocycles. The minimum absolute atomic E-state index is 0. The predicted octanol–water partition coefficient (Wildman–Crippen LogP) is 11.5. The van der Waals surface area contributed by atoms with E-state index in [0.29, 0.717) is 30.6 Å². The van der Waals surface area contributed by atoms with Gasteiger partial charge in [-0.1, -0.05) is 94.8 Å². The number of furan rings is 1. The second kappa shape index (κ2) is 14.7. The molecule has 2 aromatic heterocycles. The van der Waals surface area contributed by atoms with Crippen LogP contribution in [0, 0.1) is 24.8 Å². The molecule has 0 amide bonds. The second-order valence-corrected chi connectivity index (χ2v) is 14.1. The Morgan fingerprint density at radius 3 is 2.33 bits per heavy atom. The molecule has 5 heteroatoms. The van der Waals surface area contributed by atoms with Gasteiger partial charge in [0.1, 0.15) is 5.58 Å². The SMILES string of the molecule is CC(C)CC(=O)/C=C(\O)CC(C)C.Cc1[c-]c(-c2ncc(C3CC3)c3cc(C4CCCC4)ccc23)c2oc3ccccc3c2c1.[Ir]. The third-order valence-electron chi connectivity index (χ3n) is 9.12. The van der Waals surface area contributed by atoms with E-state index in [4.69, 9.17) is 9.40 Å². The van der Waals surface area contributed by atoms with Crippen molar-refractivity contribution in [2.45, 2.75) is 97.8 Å². The summed E-state index contributed by atoms with van der Waals surface area (Å²) in [6, 6.07) is 21.2. The van der Waals surface area contributed by atoms with Crippen molar-refractivity contribution in [1.82, 2.24) is 4.98 Å². The number of hydrogen-bond acceptors (Lipinski definition) is 4. The summed E-state index contributed by atoms with van der Waals surface area (Å²) in [7, 11) is 0. The Hall–Kier alpha value is -3.27. The number of para-hydroxylation sites is 1. The summed E-state index contributed by atoms with van der Waals surface area (Å²) in [6.45, 7) is 10.1. The number of ketones is 1. The number of carbonyl (C=O) groups excluding carboxylic acids is 1. The summed E-state index contributed by atoms with van der Waals surface area (Å²) in [5, 5.41) is 14.3. The minimum atomic E-state index is 0. The van der Waals surface area contributed by atoms with Gasteiger partial charge in [-0.25, -0.2) is 0 Å². The fourth-order valence-corrected chi connectivity index (χ4v) is 6.90. The Balaban J connectivity index is 0.000000256. The van der Waals surface area contributed by atoms with Crippen molar-refractivity contribution < 1.29 is 34.4 Å². The fraction of sp³-hybridized carbons (Fsp3) is 0.415. The number of allylic oxidation sites excluding steroid dienone is 2. The van der Waals surface area contributed by atoms with Crippen LogP contribution in [0.1, 0.15) is 108 Å². The molecule has 0 bridgehead atoms. The monoisotopic (exact) mass is 793 g/mol. The van der Waals surface area contributed by atoms with E-state index >= 15 is 0 Å². The van der Waals surface area contributed by atoms with Gasteiger partial charge < -0.3 is 14.5 Å². The topological polar surface area (TPSA) is 63.3 Å². The quantitative estimate of drug-likeness (QED) is 0.0966. The van der Waals surface area contributed by atoms with Crippen molar-refractivity contribution in [1.29, 1.82) is 0 Å². The number of aliphatic hydroxyl groups excluding tert-OH is 1. The largest absolute Gasteiger partial charge is 0.512 e. The Morgan fingerprint density at radius 1 is 0.913 bits per heavy atom. The Labute approximate surface area is 287 Å². The van der Waals surface area contributed by atoms with Crippen LogP contribution in [0.4, 0.5) is 0 Å². The summed E-state index contributed by atoms with van der Waals surface area (Å²) < 4.78 is 6.37. The zero-order valence-electron chi connectivity index (χ0n) is 27.8. The molecule has 0 unspecified atom stereocenters. The predicted molar refractivity (Wildman–Crippen MR) is 186 cm³/mol. The molecule has 2 heterocycles. The zero-order chi connectivity index (χ0) is 31.7. The molecule has 2 saturated carbocycles. The van der Waals surface area contributed by atoms with Gasteiger partial charge >= 0.3 is 0 Å². The van der Waals surface area contributed by atoms with Crippen LogP contribution < -0.4 is 0 Å². The van der Waals surface area contributed by atoms with Gasteiger partial charge in [-0.2, -0.15) is 0 Å². The van der Waals surface area contributed by atoms with Crippen LogP contribution in [0.3, 0.4) is 0 Å². The van der Waals surface area contributed by atoms with Crippen LogP contribution in [-0.2, 0) is 24.9 Å². The standard InChI is InChI=1S/C30H26NO.C11H20O2.Ir/c1-18-14-25-22-8-4-5-9-28(22)32-30(25)26(15-18)29-23-13-12-21(19-6-2-3-7-19)16-24(23)27(17-31-29)20-10-11-20;1-8(2)5-10(12)7-11(13)6-9(3)4;/h4-5,8-9,12-14,16-17,19-20H,2-3,6-7,10-11H2,1H3;7-9,12H,5-6H2,1-4H3;/q-1;;/b;10-7-;. The molecule has 2 aliphatic carbocycles. The first-order chi connectivity index (χ1) is 21.7. The van der Waals surface area contributed by atoms with E-state index in [1.165, 1.54) is 66.5 Å². The van der Waals surface area contributed by atoms with Gasteiger partial charge in [-0.3, -0.25) is 4.79 Å². The van der Waals surface area contributed by atoms with Crippen LogP contribution in [0.25, 0.3) is 44.0 Å². The average molecular weight is 793 g/mol. The van der Waals surface area contributed by atoms with E-state index in [0.717, 1.165) is 44.7 Å². The van der Waals surface area contributed by atoms with Crippen LogP contribution >= 0.6 is 0 Å². The number of benzene rings is 3. The van der Waals surface area contributed by atoms with E-state index in [1.807, 2.05) is 39.8 Å². The third-order valence-corrected chi connectivity index (χ3v) is 9.12. The summed E-state index contributed by atoms with van der Waals surface area (Å²) in [5.74, 6) is 2.37. The van der Waals surface area contributed by atoms with Gasteiger partial charge in [-0.15, -0.1) is 17.7 Å². The Bertz CT molecular complexity index is 1870. The molecule has 2 fully saturated rings. The van der Waals surface area contributed by atoms with E-state index in [2.05, 4.69) is 55.6 Å². The molecule has 0 aliphatic heterocycles. The van der Waals surface area contributed by atoms with E-state index in [1.54, 1.807) is 0 Å². The molecule has 7 rings (SSSR count). The van der Waals surface area contributed by atoms with Gasteiger partial charge in [0.15, 0.2) is 5.78 Å². The van der Waals surface area contributed by atoms with Crippen LogP contribution in [0.15, 0.2) is 71.0 Å². The van der Waals surface area contributed by atoms with E-state index < -0.39 is 0 Å². The molecule has 5 aromatic rings. The molecule has 46 heavy (non-hydrogen) atoms. The van der Waals surface area contributed by atoms with Gasteiger partial charge in [-0.05, 0) is 83.0 Å². The number of aryl methyl sites for hydroxylation is 1. The third kappa shape index (κ3) is 7.64. The van der Waals surface area contributed by atoms with Crippen LogP contribution in [0.2, 0.25) is 0 Å². The first kappa shape index (κ1) is 34.1. The maximum atomic E-state index is 11.2. The van der Waals surface area contributed by atoms with Gasteiger partial charge in [0.25, 0.3) is 0 Å². The molecule has 2 aliphatic rings. The van der Waals surface area contributed by atoms with Crippen LogP contribution in [-0.4, -0.2) is 15.9 Å². The molecular weight excluding hydrogens is 747 g/mol. The van der Waals surface area contributed by atoms with E-state index in [9.17, 15) is 9.90 Å². The number of aliphatic hydroxyl groups is 1. The normalized spacial score (nSPS) is 15.5. The summed E-state index contributed by atoms with van der Waals surface area (Å²) in [5.41, 5.74) is 7.85. The first-order valence-corrected chi connectivity index (χ1v) is 16.9. The molecule has 1 N–H and O–H groups in total. The van der Waals surface area contributed by atoms with Crippen LogP contribution in [0.5, 0.6) is 0 Å². The molecule has 0 saturated heterocycles. The molecule has 0 atom stereocenters. The van der Waals surface area contributed by atoms with Gasteiger partial charge in [0, 0.05) is 50.6 Å². The zero-order valence-corrected chi connectivity index (χ0v) is 30.2. The van der Waals surface area contributed by atoms with E-state index in [-0.39, 0.29) is 31.6 Å². The molecule has 4 nitrogen and oxygen atoms in total. The van der Waals surface area contributed by atoms with Crippen molar-refractivity contribution in [2.24, 2.45) is 11.8 Å². The van der Waals surface area contributed by atoms with Crippen molar-refractivity contribution >= 4 is 38.5 Å². The maximum absolute atomic E-state index is 11.2. The molecular formula is C41H46IrNO3-. The summed E-state index contributed by atoms with van der Waals surface area (Å²) in [6.07, 6.45) is 12.6. The van der Waals surface area contributed by atoms with Crippen molar-refractivity contribution in [3.8, 4) is 11.3 Å². The number of rotatable bonds is 8. The summed E-state index contributed by atoms with van der Waals surface area (Å²) in [4.78, 5) is 16.2. The maximum Gasteiger partial charge on any atom is 0.159 e. The number of pyridine rings is 1.